The SMILES string of the molecule is COc1cc(C)cc(NC(C(=O)c2c[nH]c3cc(Cl)ccc23)c2ccc(F)cc2OCCO)c1. The summed E-state index contributed by atoms with van der Waals surface area (Å²) < 4.78 is 25.0. The van der Waals surface area contributed by atoms with Crippen LogP contribution in [0.15, 0.2) is 60.8 Å². The molecule has 0 spiro atoms. The normalized spacial score (nSPS) is 11.9. The number of fused-ring (bicyclic) bond motifs is 1. The summed E-state index contributed by atoms with van der Waals surface area (Å²) in [5, 5.41) is 13.8. The molecule has 176 valence electrons. The highest BCUT2D eigenvalue weighted by atomic mass is 35.5. The van der Waals surface area contributed by atoms with E-state index in [9.17, 15) is 14.3 Å². The van der Waals surface area contributed by atoms with Crippen molar-refractivity contribution in [3.05, 3.63) is 88.3 Å². The minimum atomic E-state index is -0.921. The van der Waals surface area contributed by atoms with E-state index in [1.807, 2.05) is 19.1 Å². The van der Waals surface area contributed by atoms with Gasteiger partial charge in [-0.3, -0.25) is 4.79 Å². The molecule has 4 rings (SSSR count). The molecule has 0 saturated heterocycles. The van der Waals surface area contributed by atoms with Crippen LogP contribution in [0.1, 0.15) is 27.5 Å². The van der Waals surface area contributed by atoms with Crippen LogP contribution in [0, 0.1) is 12.7 Å². The second-order valence-corrected chi connectivity index (χ2v) is 8.26. The molecule has 1 unspecified atom stereocenters. The summed E-state index contributed by atoms with van der Waals surface area (Å²) in [5.74, 6) is 0.0325. The van der Waals surface area contributed by atoms with Crippen molar-refractivity contribution in [1.29, 1.82) is 0 Å². The van der Waals surface area contributed by atoms with Gasteiger partial charge in [0.05, 0.1) is 13.7 Å². The van der Waals surface area contributed by atoms with E-state index in [0.717, 1.165) is 11.1 Å². The first-order chi connectivity index (χ1) is 16.4. The van der Waals surface area contributed by atoms with Crippen molar-refractivity contribution in [3.63, 3.8) is 0 Å². The van der Waals surface area contributed by atoms with Gasteiger partial charge in [-0.2, -0.15) is 0 Å². The van der Waals surface area contributed by atoms with Gasteiger partial charge in [-0.25, -0.2) is 4.39 Å². The molecule has 3 N–H and O–H groups in total. The van der Waals surface area contributed by atoms with Gasteiger partial charge < -0.3 is 24.9 Å². The van der Waals surface area contributed by atoms with E-state index < -0.39 is 11.9 Å². The second kappa shape index (κ2) is 10.2. The summed E-state index contributed by atoms with van der Waals surface area (Å²) in [6.07, 6.45) is 1.63. The molecule has 8 heteroatoms. The molecule has 0 aliphatic rings. The zero-order valence-corrected chi connectivity index (χ0v) is 19.4. The number of hydrogen-bond donors (Lipinski definition) is 3. The number of ether oxygens (including phenoxy) is 2. The summed E-state index contributed by atoms with van der Waals surface area (Å²) in [6.45, 7) is 1.63. The van der Waals surface area contributed by atoms with Gasteiger partial charge in [-0.15, -0.1) is 0 Å². The van der Waals surface area contributed by atoms with E-state index in [1.165, 1.54) is 18.2 Å². The summed E-state index contributed by atoms with van der Waals surface area (Å²) in [5.41, 5.74) is 3.19. The number of Topliss-reactive ketones (excluding diaryl/α,β-unsaturated/α-hetero) is 1. The zero-order chi connectivity index (χ0) is 24.2. The topological polar surface area (TPSA) is 83.6 Å². The van der Waals surface area contributed by atoms with Crippen LogP contribution in [0.5, 0.6) is 11.5 Å². The number of methoxy groups -OCH3 is 1. The highest BCUT2D eigenvalue weighted by molar-refractivity contribution is 6.31. The largest absolute Gasteiger partial charge is 0.497 e. The standard InChI is InChI=1S/C26H24ClFN2O4/c1-15-9-18(13-19(10-15)33-2)30-25(21-6-4-17(28)12-24(21)34-8-7-31)26(32)22-14-29-23-11-16(27)3-5-20(22)23/h3-6,9-14,25,29-31H,7-8H2,1-2H3. The first-order valence-corrected chi connectivity index (χ1v) is 11.0. The molecule has 0 saturated carbocycles. The van der Waals surface area contributed by atoms with Gasteiger partial charge in [0.1, 0.15) is 30.0 Å². The molecule has 0 bridgehead atoms. The lowest BCUT2D eigenvalue weighted by Gasteiger charge is -2.22. The van der Waals surface area contributed by atoms with Gasteiger partial charge in [0, 0.05) is 51.1 Å². The van der Waals surface area contributed by atoms with Gasteiger partial charge in [0.25, 0.3) is 0 Å². The molecule has 3 aromatic carbocycles. The number of aromatic amines is 1. The Bertz CT molecular complexity index is 1340. The highest BCUT2D eigenvalue weighted by Gasteiger charge is 2.28. The van der Waals surface area contributed by atoms with Crippen LogP contribution in [0.3, 0.4) is 0 Å². The predicted molar refractivity (Wildman–Crippen MR) is 131 cm³/mol. The molecule has 1 heterocycles. The number of H-pyrrole nitrogens is 1. The lowest BCUT2D eigenvalue weighted by Crippen LogP contribution is -2.22. The molecule has 0 amide bonds. The number of carbonyl (C=O) groups is 1. The minimum Gasteiger partial charge on any atom is -0.497 e. The number of ketones is 1. The van der Waals surface area contributed by atoms with E-state index in [-0.39, 0.29) is 24.7 Å². The number of halogens is 2. The summed E-state index contributed by atoms with van der Waals surface area (Å²) in [4.78, 5) is 17.0. The third-order valence-corrected chi connectivity index (χ3v) is 5.64. The zero-order valence-electron chi connectivity index (χ0n) is 18.7. The lowest BCUT2D eigenvalue weighted by atomic mass is 9.95. The number of nitrogens with one attached hydrogen (secondary N) is 2. The van der Waals surface area contributed by atoms with Gasteiger partial charge >= 0.3 is 0 Å². The lowest BCUT2D eigenvalue weighted by molar-refractivity contribution is 0.0969. The van der Waals surface area contributed by atoms with Gasteiger partial charge in [-0.05, 0) is 48.9 Å². The molecule has 0 radical (unpaired) electrons. The molecule has 1 atom stereocenters. The third kappa shape index (κ3) is 5.00. The maximum atomic E-state index is 14.1. The fourth-order valence-corrected chi connectivity index (χ4v) is 4.06. The Balaban J connectivity index is 1.83. The number of anilines is 1. The predicted octanol–water partition coefficient (Wildman–Crippen LogP) is 5.68. The Morgan fingerprint density at radius 2 is 2.00 bits per heavy atom. The van der Waals surface area contributed by atoms with Crippen molar-refractivity contribution in [2.24, 2.45) is 0 Å². The van der Waals surface area contributed by atoms with Crippen LogP contribution >= 0.6 is 11.6 Å². The van der Waals surface area contributed by atoms with E-state index >= 15 is 0 Å². The monoisotopic (exact) mass is 482 g/mol. The van der Waals surface area contributed by atoms with Gasteiger partial charge in [0.15, 0.2) is 5.78 Å². The van der Waals surface area contributed by atoms with Crippen molar-refractivity contribution in [1.82, 2.24) is 4.98 Å². The van der Waals surface area contributed by atoms with Crippen LogP contribution < -0.4 is 14.8 Å². The van der Waals surface area contributed by atoms with Crippen LogP contribution in [-0.4, -0.2) is 36.2 Å². The first-order valence-electron chi connectivity index (χ1n) is 10.7. The van der Waals surface area contributed by atoms with Gasteiger partial charge in [0.2, 0.25) is 0 Å². The Hall–Kier alpha value is -3.55. The number of hydrogen-bond acceptors (Lipinski definition) is 5. The maximum Gasteiger partial charge on any atom is 0.191 e. The second-order valence-electron chi connectivity index (χ2n) is 7.83. The quantitative estimate of drug-likeness (QED) is 0.267. The van der Waals surface area contributed by atoms with Crippen molar-refractivity contribution in [2.75, 3.05) is 25.6 Å². The Morgan fingerprint density at radius 1 is 1.18 bits per heavy atom. The van der Waals surface area contributed by atoms with Crippen LogP contribution in [0.25, 0.3) is 10.9 Å². The van der Waals surface area contributed by atoms with Crippen LogP contribution in [0.2, 0.25) is 5.02 Å². The van der Waals surface area contributed by atoms with Crippen molar-refractivity contribution in [3.8, 4) is 11.5 Å². The fourth-order valence-electron chi connectivity index (χ4n) is 3.89. The van der Waals surface area contributed by atoms with E-state index in [1.54, 1.807) is 37.6 Å². The molecule has 0 aliphatic heterocycles. The summed E-state index contributed by atoms with van der Waals surface area (Å²) in [6, 6.07) is 13.8. The Kier molecular flexibility index (Phi) is 7.05. The first kappa shape index (κ1) is 23.6. The number of aryl methyl sites for hydroxylation is 1. The average Bonchev–Trinajstić information content (AvgIpc) is 3.23. The maximum absolute atomic E-state index is 14.1. The molecule has 0 aliphatic carbocycles. The minimum absolute atomic E-state index is 0.0405. The van der Waals surface area contributed by atoms with E-state index in [0.29, 0.717) is 33.0 Å². The van der Waals surface area contributed by atoms with Gasteiger partial charge in [-0.1, -0.05) is 17.7 Å². The highest BCUT2D eigenvalue weighted by Crippen LogP contribution is 2.35. The fraction of sp³-hybridized carbons (Fsp3) is 0.192. The molecule has 1 aromatic heterocycles. The van der Waals surface area contributed by atoms with Crippen molar-refractivity contribution in [2.45, 2.75) is 13.0 Å². The third-order valence-electron chi connectivity index (χ3n) is 5.40. The molecule has 34 heavy (non-hydrogen) atoms. The summed E-state index contributed by atoms with van der Waals surface area (Å²) >= 11 is 6.10. The van der Waals surface area contributed by atoms with Crippen molar-refractivity contribution < 1.29 is 23.8 Å². The molecule has 0 fully saturated rings. The number of benzene rings is 3. The van der Waals surface area contributed by atoms with E-state index in [4.69, 9.17) is 21.1 Å². The molecule has 4 aromatic rings. The molecular weight excluding hydrogens is 459 g/mol. The Labute approximate surface area is 201 Å². The summed E-state index contributed by atoms with van der Waals surface area (Å²) in [7, 11) is 1.57. The number of aromatic nitrogens is 1. The average molecular weight is 483 g/mol. The van der Waals surface area contributed by atoms with Crippen molar-refractivity contribution >= 4 is 34.0 Å². The molecular formula is C26H24ClFN2O4. The Morgan fingerprint density at radius 3 is 2.76 bits per heavy atom. The molecule has 6 nitrogen and oxygen atoms in total. The number of aliphatic hydroxyl groups excluding tert-OH is 1. The number of carbonyl (C=O) groups excluding carboxylic acids is 1. The van der Waals surface area contributed by atoms with Crippen LogP contribution in [-0.2, 0) is 0 Å². The van der Waals surface area contributed by atoms with Crippen LogP contribution in [0.4, 0.5) is 10.1 Å². The number of rotatable bonds is 9. The van der Waals surface area contributed by atoms with E-state index in [2.05, 4.69) is 10.3 Å². The number of aliphatic hydroxyl groups is 1. The smallest absolute Gasteiger partial charge is 0.191 e.